The van der Waals surface area contributed by atoms with E-state index in [2.05, 4.69) is 16.0 Å². The molecule has 4 rings (SSSR count). The Morgan fingerprint density at radius 3 is 2.57 bits per heavy atom. The molecule has 1 aromatic rings. The van der Waals surface area contributed by atoms with Crippen LogP contribution in [0.15, 0.2) is 30.3 Å². The van der Waals surface area contributed by atoms with Crippen molar-refractivity contribution in [3.63, 3.8) is 0 Å². The molecule has 239 valence electrons. The normalized spacial score (nSPS) is 29.2. The second kappa shape index (κ2) is 14.9. The van der Waals surface area contributed by atoms with E-state index in [4.69, 9.17) is 5.73 Å². The Bertz CT molecular complexity index is 1250. The number of Topliss-reactive ketones (excluding diaryl/α,β-unsaturated/α-hetero) is 1. The molecule has 0 saturated carbocycles. The molecule has 1 spiro atoms. The summed E-state index contributed by atoms with van der Waals surface area (Å²) in [6.07, 6.45) is 6.85. The van der Waals surface area contributed by atoms with Crippen molar-refractivity contribution in [1.29, 1.82) is 0 Å². The minimum absolute atomic E-state index is 0.0811. The van der Waals surface area contributed by atoms with Gasteiger partial charge in [0.2, 0.25) is 24.0 Å². The lowest BCUT2D eigenvalue weighted by Crippen LogP contribution is -2.70. The van der Waals surface area contributed by atoms with Gasteiger partial charge in [0.05, 0.1) is 24.2 Å². The molecule has 1 radical (unpaired) electrons. The number of carbonyl (C=O) groups excluding carboxylic acids is 6. The summed E-state index contributed by atoms with van der Waals surface area (Å²) < 4.78 is -1.10. The van der Waals surface area contributed by atoms with Crippen molar-refractivity contribution < 1.29 is 28.8 Å². The molecular formula is C31H42N5O6S2. The standard InChI is InChI=1S/C31H42N5O6S2/c1-3-4-6-14-24(39)36(27(40)21(32)15-17-43-2)30(19-37)23(38)13-9-10-16-31(26-22(18-44-31)33-29(42)35-26)28(41)34-25(30)20-11-7-5-8-12-20/h5,7-8,11-12,21-22,25-26H,3-4,6,9-10,13-18,32H2,1-2H3,(H,34,41)(H2,33,35,42)/t21-,22-,25?,26-,30-,31-/m0/s1. The lowest BCUT2D eigenvalue weighted by Gasteiger charge is -2.45. The highest BCUT2D eigenvalue weighted by Gasteiger charge is 2.62. The van der Waals surface area contributed by atoms with E-state index in [0.717, 1.165) is 11.3 Å². The average molecular weight is 645 g/mol. The Labute approximate surface area is 267 Å². The van der Waals surface area contributed by atoms with Crippen molar-refractivity contribution in [1.82, 2.24) is 20.9 Å². The maximum absolute atomic E-state index is 14.5. The van der Waals surface area contributed by atoms with E-state index in [1.54, 1.807) is 30.3 Å². The summed E-state index contributed by atoms with van der Waals surface area (Å²) in [6.45, 7) is 1.97. The molecule has 3 aliphatic heterocycles. The van der Waals surface area contributed by atoms with Gasteiger partial charge in [0, 0.05) is 18.6 Å². The number of unbranched alkanes of at least 4 members (excludes halogenated alkanes) is 2. The van der Waals surface area contributed by atoms with E-state index in [-0.39, 0.29) is 31.3 Å². The number of thioether (sulfide) groups is 2. The van der Waals surface area contributed by atoms with Crippen LogP contribution in [0.3, 0.4) is 0 Å². The Morgan fingerprint density at radius 2 is 1.89 bits per heavy atom. The summed E-state index contributed by atoms with van der Waals surface area (Å²) in [4.78, 5) is 83.5. The number of imide groups is 1. The predicted octanol–water partition coefficient (Wildman–Crippen LogP) is 2.39. The number of nitrogens with one attached hydrogen (secondary N) is 3. The molecule has 6 atom stereocenters. The maximum Gasteiger partial charge on any atom is 0.315 e. The summed E-state index contributed by atoms with van der Waals surface area (Å²) in [5.74, 6) is -1.69. The molecule has 0 bridgehead atoms. The summed E-state index contributed by atoms with van der Waals surface area (Å²) in [7, 11) is 0. The first kappa shape index (κ1) is 34.0. The van der Waals surface area contributed by atoms with Crippen molar-refractivity contribution in [3.05, 3.63) is 35.9 Å². The number of ketones is 1. The molecule has 1 unspecified atom stereocenters. The van der Waals surface area contributed by atoms with Gasteiger partial charge in [0.1, 0.15) is 4.75 Å². The lowest BCUT2D eigenvalue weighted by atomic mass is 9.76. The molecule has 0 aliphatic carbocycles. The summed E-state index contributed by atoms with van der Waals surface area (Å²) in [5, 5.41) is 8.73. The van der Waals surface area contributed by atoms with Gasteiger partial charge < -0.3 is 21.7 Å². The number of fused-ring (bicyclic) bond motifs is 2. The molecule has 11 nitrogen and oxygen atoms in total. The van der Waals surface area contributed by atoms with Gasteiger partial charge in [0.25, 0.3) is 0 Å². The number of rotatable bonds is 11. The fourth-order valence-corrected chi connectivity index (χ4v) is 8.55. The first-order valence-electron chi connectivity index (χ1n) is 15.3. The first-order valence-corrected chi connectivity index (χ1v) is 17.6. The Hall–Kier alpha value is -2.90. The number of nitrogens with two attached hydrogens (primary N) is 1. The van der Waals surface area contributed by atoms with Gasteiger partial charge in [-0.15, -0.1) is 11.8 Å². The van der Waals surface area contributed by atoms with E-state index in [0.29, 0.717) is 49.2 Å². The number of urea groups is 1. The van der Waals surface area contributed by atoms with E-state index in [9.17, 15) is 28.8 Å². The summed E-state index contributed by atoms with van der Waals surface area (Å²) >= 11 is 2.90. The second-order valence-electron chi connectivity index (χ2n) is 11.6. The van der Waals surface area contributed by atoms with Crippen LogP contribution in [-0.2, 0) is 24.0 Å². The van der Waals surface area contributed by atoms with Crippen LogP contribution in [-0.4, -0.2) is 86.9 Å². The Balaban J connectivity index is 1.88. The number of hydrogen-bond donors (Lipinski definition) is 4. The van der Waals surface area contributed by atoms with Crippen molar-refractivity contribution in [2.24, 2.45) is 5.73 Å². The highest BCUT2D eigenvalue weighted by molar-refractivity contribution is 8.01. The van der Waals surface area contributed by atoms with Crippen LogP contribution in [0.1, 0.15) is 76.3 Å². The van der Waals surface area contributed by atoms with E-state index < -0.39 is 51.9 Å². The van der Waals surface area contributed by atoms with E-state index in [1.165, 1.54) is 23.5 Å². The van der Waals surface area contributed by atoms with Gasteiger partial charge in [-0.1, -0.05) is 56.5 Å². The van der Waals surface area contributed by atoms with Gasteiger partial charge in [0.15, 0.2) is 11.3 Å². The smallest absolute Gasteiger partial charge is 0.315 e. The zero-order valence-corrected chi connectivity index (χ0v) is 26.9. The molecule has 3 heterocycles. The molecule has 5 amide bonds. The molecule has 44 heavy (non-hydrogen) atoms. The maximum atomic E-state index is 14.5. The van der Waals surface area contributed by atoms with Gasteiger partial charge in [-0.05, 0) is 43.3 Å². The van der Waals surface area contributed by atoms with E-state index in [1.807, 2.05) is 19.5 Å². The third-order valence-electron chi connectivity index (χ3n) is 8.79. The molecule has 3 fully saturated rings. The molecule has 3 saturated heterocycles. The van der Waals surface area contributed by atoms with Crippen molar-refractivity contribution in [3.8, 4) is 0 Å². The number of nitrogens with zero attached hydrogens (tertiary/aromatic N) is 1. The van der Waals surface area contributed by atoms with Crippen LogP contribution in [0.25, 0.3) is 0 Å². The quantitative estimate of drug-likeness (QED) is 0.161. The number of carbonyl (C=O) groups is 5. The lowest BCUT2D eigenvalue weighted by molar-refractivity contribution is -0.158. The van der Waals surface area contributed by atoms with Crippen molar-refractivity contribution in [2.75, 3.05) is 17.8 Å². The Morgan fingerprint density at radius 1 is 1.14 bits per heavy atom. The summed E-state index contributed by atoms with van der Waals surface area (Å²) in [5.41, 5.74) is 4.20. The van der Waals surface area contributed by atoms with Gasteiger partial charge in [-0.25, -0.2) is 4.79 Å². The summed E-state index contributed by atoms with van der Waals surface area (Å²) in [6, 6.07) is 4.67. The number of amides is 5. The van der Waals surface area contributed by atoms with Gasteiger partial charge in [-0.2, -0.15) is 11.8 Å². The number of hydrogen-bond acceptors (Lipinski definition) is 9. The molecule has 0 aromatic heterocycles. The monoisotopic (exact) mass is 644 g/mol. The largest absolute Gasteiger partial charge is 0.345 e. The minimum atomic E-state index is -2.49. The van der Waals surface area contributed by atoms with Crippen molar-refractivity contribution >= 4 is 59.3 Å². The SMILES string of the molecule is CCCCCC(=O)N(C(=O)[C@@H](N)CCSC)[C@@]1([C]=O)C(=O)CCCC[C@@]2(SC[C@@H]3NC(=O)N[C@@H]32)C(=O)NC1c1ccccc1. The predicted molar refractivity (Wildman–Crippen MR) is 171 cm³/mol. The van der Waals surface area contributed by atoms with Crippen molar-refractivity contribution in [2.45, 2.75) is 99.2 Å². The molecule has 13 heteroatoms. The van der Waals surface area contributed by atoms with Crippen LogP contribution in [0, 0.1) is 0 Å². The third-order valence-corrected chi connectivity index (χ3v) is 11.1. The fourth-order valence-electron chi connectivity index (χ4n) is 6.42. The van der Waals surface area contributed by atoms with Crippen LogP contribution < -0.4 is 21.7 Å². The average Bonchev–Trinajstić information content (AvgIpc) is 3.57. The van der Waals surface area contributed by atoms with Gasteiger partial charge >= 0.3 is 6.03 Å². The fraction of sp³-hybridized carbons (Fsp3) is 0.613. The zero-order chi connectivity index (χ0) is 31.9. The van der Waals surface area contributed by atoms with Crippen LogP contribution >= 0.6 is 23.5 Å². The first-order chi connectivity index (χ1) is 21.2. The second-order valence-corrected chi connectivity index (χ2v) is 14.0. The third kappa shape index (κ3) is 6.55. The molecule has 5 N–H and O–H groups in total. The zero-order valence-electron chi connectivity index (χ0n) is 25.3. The highest BCUT2D eigenvalue weighted by Crippen LogP contribution is 2.46. The van der Waals surface area contributed by atoms with Crippen LogP contribution in [0.5, 0.6) is 0 Å². The Kier molecular flexibility index (Phi) is 11.5. The number of benzene rings is 1. The minimum Gasteiger partial charge on any atom is -0.345 e. The van der Waals surface area contributed by atoms with Crippen LogP contribution in [0.2, 0.25) is 0 Å². The topological polar surface area (TPSA) is 168 Å². The molecule has 1 aromatic carbocycles. The van der Waals surface area contributed by atoms with E-state index >= 15 is 0 Å². The van der Waals surface area contributed by atoms with Gasteiger partial charge in [-0.3, -0.25) is 28.9 Å². The van der Waals surface area contributed by atoms with Crippen LogP contribution in [0.4, 0.5) is 4.79 Å². The highest BCUT2D eigenvalue weighted by atomic mass is 32.2. The molecular weight excluding hydrogens is 603 g/mol. The molecule has 3 aliphatic rings.